The lowest BCUT2D eigenvalue weighted by atomic mass is 9.82. The molecule has 0 aliphatic heterocycles. The number of fused-ring (bicyclic) bond motifs is 2. The van der Waals surface area contributed by atoms with E-state index in [2.05, 4.69) is 39.8 Å². The predicted molar refractivity (Wildman–Crippen MR) is 113 cm³/mol. The molecule has 148 valence electrons. The van der Waals surface area contributed by atoms with Crippen LogP contribution in [-0.4, -0.2) is 22.1 Å². The Morgan fingerprint density at radius 1 is 0.897 bits per heavy atom. The van der Waals surface area contributed by atoms with E-state index < -0.39 is 0 Å². The first kappa shape index (κ1) is 18.1. The van der Waals surface area contributed by atoms with Crippen LogP contribution < -0.4 is 10.9 Å². The molecule has 0 radical (unpaired) electrons. The first-order chi connectivity index (χ1) is 14.2. The Morgan fingerprint density at radius 3 is 2.21 bits per heavy atom. The molecule has 0 spiro atoms. The fourth-order valence-corrected chi connectivity index (χ4v) is 5.02. The summed E-state index contributed by atoms with van der Waals surface area (Å²) in [5, 5.41) is 12.0. The molecule has 3 aromatic rings. The summed E-state index contributed by atoms with van der Waals surface area (Å²) in [5.41, 5.74) is 3.47. The highest BCUT2D eigenvalue weighted by Crippen LogP contribution is 2.35. The monoisotopic (exact) mass is 387 g/mol. The zero-order valence-electron chi connectivity index (χ0n) is 16.4. The molecule has 0 bridgehead atoms. The van der Waals surface area contributed by atoms with Crippen molar-refractivity contribution >= 4 is 16.7 Å². The van der Waals surface area contributed by atoms with E-state index in [1.165, 1.54) is 11.1 Å². The number of aromatic nitrogens is 2. The molecule has 0 unspecified atom stereocenters. The van der Waals surface area contributed by atoms with Crippen molar-refractivity contribution in [1.29, 1.82) is 0 Å². The zero-order valence-corrected chi connectivity index (χ0v) is 16.4. The molecule has 1 aromatic heterocycles. The van der Waals surface area contributed by atoms with Gasteiger partial charge in [0, 0.05) is 23.3 Å². The molecule has 2 aromatic carbocycles. The molecule has 2 aliphatic carbocycles. The predicted octanol–water partition coefficient (Wildman–Crippen LogP) is 3.48. The lowest BCUT2D eigenvalue weighted by Gasteiger charge is -2.30. The van der Waals surface area contributed by atoms with Crippen LogP contribution >= 0.6 is 0 Å². The van der Waals surface area contributed by atoms with Gasteiger partial charge in [-0.2, -0.15) is 5.10 Å². The molecule has 1 fully saturated rings. The Morgan fingerprint density at radius 2 is 1.52 bits per heavy atom. The molecule has 5 nitrogen and oxygen atoms in total. The van der Waals surface area contributed by atoms with E-state index in [0.717, 1.165) is 49.6 Å². The van der Waals surface area contributed by atoms with E-state index in [9.17, 15) is 9.59 Å². The highest BCUT2D eigenvalue weighted by Gasteiger charge is 2.30. The molecule has 29 heavy (non-hydrogen) atoms. The van der Waals surface area contributed by atoms with Crippen molar-refractivity contribution in [2.75, 3.05) is 0 Å². The Bertz CT molecular complexity index is 1090. The van der Waals surface area contributed by atoms with E-state index in [1.807, 2.05) is 24.3 Å². The molecule has 0 saturated heterocycles. The molecule has 1 heterocycles. The molecule has 0 atom stereocenters. The largest absolute Gasteiger partial charge is 0.353 e. The van der Waals surface area contributed by atoms with Gasteiger partial charge in [-0.05, 0) is 55.7 Å². The maximum Gasteiger partial charge on any atom is 0.272 e. The number of carbonyl (C=O) groups excluding carboxylic acids is 1. The molecule has 5 heteroatoms. The minimum Gasteiger partial charge on any atom is -0.353 e. The summed E-state index contributed by atoms with van der Waals surface area (Å²) >= 11 is 0. The molecular weight excluding hydrogens is 362 g/mol. The summed E-state index contributed by atoms with van der Waals surface area (Å²) in [6, 6.07) is 16.3. The van der Waals surface area contributed by atoms with E-state index in [4.69, 9.17) is 0 Å². The van der Waals surface area contributed by atoms with Crippen molar-refractivity contribution in [3.05, 3.63) is 75.7 Å². The van der Waals surface area contributed by atoms with Crippen LogP contribution in [0.4, 0.5) is 0 Å². The van der Waals surface area contributed by atoms with Gasteiger partial charge in [0.2, 0.25) is 5.91 Å². The van der Waals surface area contributed by atoms with Crippen molar-refractivity contribution in [2.24, 2.45) is 5.92 Å². The van der Waals surface area contributed by atoms with E-state index in [1.54, 1.807) is 0 Å². The van der Waals surface area contributed by atoms with Gasteiger partial charge >= 0.3 is 0 Å². The Labute approximate surface area is 169 Å². The average Bonchev–Trinajstić information content (AvgIpc) is 3.20. The minimum absolute atomic E-state index is 0.0648. The summed E-state index contributed by atoms with van der Waals surface area (Å²) < 4.78 is 0. The second-order valence-corrected chi connectivity index (χ2v) is 8.41. The first-order valence-corrected chi connectivity index (χ1v) is 10.5. The van der Waals surface area contributed by atoms with Gasteiger partial charge < -0.3 is 5.32 Å². The van der Waals surface area contributed by atoms with E-state index in [-0.39, 0.29) is 23.4 Å². The third-order valence-electron chi connectivity index (χ3n) is 6.61. The van der Waals surface area contributed by atoms with Crippen LogP contribution in [0.1, 0.15) is 48.4 Å². The van der Waals surface area contributed by atoms with Gasteiger partial charge in [-0.3, -0.25) is 9.59 Å². The van der Waals surface area contributed by atoms with Crippen LogP contribution in [0.5, 0.6) is 0 Å². The maximum atomic E-state index is 12.8. The molecule has 1 saturated carbocycles. The topological polar surface area (TPSA) is 74.8 Å². The third kappa shape index (κ3) is 3.46. The Kier molecular flexibility index (Phi) is 4.66. The van der Waals surface area contributed by atoms with Gasteiger partial charge in [0.25, 0.3) is 5.56 Å². The van der Waals surface area contributed by atoms with Gasteiger partial charge in [0.1, 0.15) is 0 Å². The summed E-state index contributed by atoms with van der Waals surface area (Å²) in [7, 11) is 0. The fourth-order valence-electron chi connectivity index (χ4n) is 5.02. The van der Waals surface area contributed by atoms with E-state index >= 15 is 0 Å². The number of rotatable bonds is 3. The summed E-state index contributed by atoms with van der Waals surface area (Å²) in [6.45, 7) is 0. The Hall–Kier alpha value is -2.95. The second kappa shape index (κ2) is 7.47. The Balaban J connectivity index is 1.22. The van der Waals surface area contributed by atoms with Crippen molar-refractivity contribution in [3.63, 3.8) is 0 Å². The number of amides is 1. The number of hydrogen-bond acceptors (Lipinski definition) is 3. The van der Waals surface area contributed by atoms with Gasteiger partial charge in [0.05, 0.1) is 11.1 Å². The quantitative estimate of drug-likeness (QED) is 0.722. The SMILES string of the molecule is O=C(NC1CCC(c2n[nH]c(=O)c3ccccc23)CC1)C1Cc2ccccc2C1. The highest BCUT2D eigenvalue weighted by molar-refractivity contribution is 5.84. The molecule has 1 amide bonds. The highest BCUT2D eigenvalue weighted by atomic mass is 16.2. The number of H-pyrrole nitrogens is 1. The zero-order chi connectivity index (χ0) is 19.8. The fraction of sp³-hybridized carbons (Fsp3) is 0.375. The third-order valence-corrected chi connectivity index (χ3v) is 6.61. The number of benzene rings is 2. The van der Waals surface area contributed by atoms with Crippen LogP contribution in [0.15, 0.2) is 53.3 Å². The van der Waals surface area contributed by atoms with Gasteiger partial charge in [-0.1, -0.05) is 42.5 Å². The second-order valence-electron chi connectivity index (χ2n) is 8.41. The van der Waals surface area contributed by atoms with Crippen LogP contribution in [0.2, 0.25) is 0 Å². The summed E-state index contributed by atoms with van der Waals surface area (Å²) in [6.07, 6.45) is 5.55. The number of aromatic amines is 1. The van der Waals surface area contributed by atoms with Crippen molar-refractivity contribution in [3.8, 4) is 0 Å². The molecular formula is C24H25N3O2. The van der Waals surface area contributed by atoms with Gasteiger partial charge in [-0.25, -0.2) is 5.10 Å². The van der Waals surface area contributed by atoms with Crippen LogP contribution in [0.25, 0.3) is 10.8 Å². The maximum absolute atomic E-state index is 12.8. The standard InChI is InChI=1S/C24H25N3O2/c28-23(18-13-16-5-1-2-6-17(16)14-18)25-19-11-9-15(10-12-19)22-20-7-3-4-8-21(20)24(29)27-26-22/h1-8,15,18-19H,9-14H2,(H,25,28)(H,27,29). The lowest BCUT2D eigenvalue weighted by molar-refractivity contribution is -0.125. The van der Waals surface area contributed by atoms with Crippen molar-refractivity contribution in [1.82, 2.24) is 15.5 Å². The smallest absolute Gasteiger partial charge is 0.272 e. The normalized spacial score (nSPS) is 21.8. The number of hydrogen-bond donors (Lipinski definition) is 2. The minimum atomic E-state index is -0.136. The summed E-state index contributed by atoms with van der Waals surface area (Å²) in [4.78, 5) is 24.8. The average molecular weight is 387 g/mol. The van der Waals surface area contributed by atoms with Crippen LogP contribution in [0, 0.1) is 5.92 Å². The van der Waals surface area contributed by atoms with Crippen LogP contribution in [-0.2, 0) is 17.6 Å². The van der Waals surface area contributed by atoms with E-state index in [0.29, 0.717) is 11.3 Å². The van der Waals surface area contributed by atoms with Gasteiger partial charge in [-0.15, -0.1) is 0 Å². The number of carbonyl (C=O) groups is 1. The molecule has 2 N–H and O–H groups in total. The lowest BCUT2D eigenvalue weighted by Crippen LogP contribution is -2.41. The van der Waals surface area contributed by atoms with Gasteiger partial charge in [0.15, 0.2) is 0 Å². The first-order valence-electron chi connectivity index (χ1n) is 10.5. The van der Waals surface area contributed by atoms with Crippen molar-refractivity contribution < 1.29 is 4.79 Å². The number of nitrogens with zero attached hydrogens (tertiary/aromatic N) is 1. The molecule has 2 aliphatic rings. The number of nitrogens with one attached hydrogen (secondary N) is 2. The van der Waals surface area contributed by atoms with Crippen LogP contribution in [0.3, 0.4) is 0 Å². The van der Waals surface area contributed by atoms with Crippen molar-refractivity contribution in [2.45, 2.75) is 50.5 Å². The molecule has 5 rings (SSSR count). The summed E-state index contributed by atoms with van der Waals surface area (Å²) in [5.74, 6) is 0.577.